The number of hydrogen-bond donors (Lipinski definition) is 1. The summed E-state index contributed by atoms with van der Waals surface area (Å²) >= 11 is 0. The van der Waals surface area contributed by atoms with Gasteiger partial charge in [0.1, 0.15) is 6.07 Å². The summed E-state index contributed by atoms with van der Waals surface area (Å²) in [6.07, 6.45) is 0. The topological polar surface area (TPSA) is 74.3 Å². The largest absolute Gasteiger partial charge is 0.419 e. The van der Waals surface area contributed by atoms with Crippen LogP contribution in [0.4, 0.5) is 5.88 Å². The van der Waals surface area contributed by atoms with Gasteiger partial charge in [-0.1, -0.05) is 47.5 Å². The number of rotatable bonds is 6. The molecule has 0 bridgehead atoms. The Bertz CT molecular complexity index is 1010. The molecule has 6 heteroatoms. The molecule has 154 valence electrons. The molecule has 1 aliphatic rings. The van der Waals surface area contributed by atoms with Crippen LogP contribution >= 0.6 is 0 Å². The summed E-state index contributed by atoms with van der Waals surface area (Å²) in [7, 11) is 0. The predicted octanol–water partition coefficient (Wildman–Crippen LogP) is 4.32. The Morgan fingerprint density at radius 2 is 1.67 bits per heavy atom. The number of benzene rings is 2. The van der Waals surface area contributed by atoms with Gasteiger partial charge in [0.15, 0.2) is 0 Å². The fourth-order valence-electron chi connectivity index (χ4n) is 3.66. The summed E-state index contributed by atoms with van der Waals surface area (Å²) in [6, 6.07) is 18.8. The first-order chi connectivity index (χ1) is 14.6. The first kappa shape index (κ1) is 20.1. The zero-order chi connectivity index (χ0) is 20.9. The molecule has 30 heavy (non-hydrogen) atoms. The minimum atomic E-state index is 0.147. The fourth-order valence-corrected chi connectivity index (χ4v) is 3.66. The standard InChI is InChI=1S/C24H26N4O2/c1-17-3-7-19(8-4-17)22(28-11-13-29-14-12-28)16-26-24-21(15-25)27-23(30-24)20-9-5-18(2)6-10-20/h3-10,22,26H,11-14,16H2,1-2H3/t22-/m0/s1. The van der Waals surface area contributed by atoms with E-state index in [1.54, 1.807) is 0 Å². The maximum Gasteiger partial charge on any atom is 0.232 e. The van der Waals surface area contributed by atoms with Gasteiger partial charge in [0, 0.05) is 25.2 Å². The average Bonchev–Trinajstić information content (AvgIpc) is 3.19. The van der Waals surface area contributed by atoms with Crippen LogP contribution in [0.3, 0.4) is 0 Å². The molecule has 3 aromatic rings. The molecule has 1 aliphatic heterocycles. The molecule has 0 aliphatic carbocycles. The van der Waals surface area contributed by atoms with Crippen LogP contribution in [0.1, 0.15) is 28.4 Å². The smallest absolute Gasteiger partial charge is 0.232 e. The first-order valence-electron chi connectivity index (χ1n) is 10.2. The van der Waals surface area contributed by atoms with Crippen molar-refractivity contribution in [2.75, 3.05) is 38.2 Å². The third kappa shape index (κ3) is 4.54. The van der Waals surface area contributed by atoms with Gasteiger partial charge in [-0.3, -0.25) is 4.90 Å². The highest BCUT2D eigenvalue weighted by molar-refractivity contribution is 5.59. The lowest BCUT2D eigenvalue weighted by Gasteiger charge is -2.35. The normalized spacial score (nSPS) is 15.5. The van der Waals surface area contributed by atoms with E-state index in [2.05, 4.69) is 52.5 Å². The van der Waals surface area contributed by atoms with E-state index in [4.69, 9.17) is 9.15 Å². The number of morpholine rings is 1. The van der Waals surface area contributed by atoms with Crippen molar-refractivity contribution >= 4 is 5.88 Å². The van der Waals surface area contributed by atoms with E-state index in [-0.39, 0.29) is 11.7 Å². The van der Waals surface area contributed by atoms with Crippen molar-refractivity contribution in [1.82, 2.24) is 9.88 Å². The van der Waals surface area contributed by atoms with Crippen molar-refractivity contribution in [2.45, 2.75) is 19.9 Å². The number of nitrogens with one attached hydrogen (secondary N) is 1. The van der Waals surface area contributed by atoms with Crippen molar-refractivity contribution in [3.63, 3.8) is 0 Å². The van der Waals surface area contributed by atoms with Gasteiger partial charge in [-0.15, -0.1) is 0 Å². The summed E-state index contributed by atoms with van der Waals surface area (Å²) in [5.41, 5.74) is 4.75. The zero-order valence-corrected chi connectivity index (χ0v) is 17.4. The van der Waals surface area contributed by atoms with Crippen LogP contribution in [0.25, 0.3) is 11.5 Å². The van der Waals surface area contributed by atoms with Gasteiger partial charge in [-0.05, 0) is 31.5 Å². The van der Waals surface area contributed by atoms with Crippen LogP contribution < -0.4 is 5.32 Å². The van der Waals surface area contributed by atoms with Gasteiger partial charge >= 0.3 is 0 Å². The Morgan fingerprint density at radius 3 is 2.30 bits per heavy atom. The van der Waals surface area contributed by atoms with Crippen LogP contribution in [0.15, 0.2) is 52.9 Å². The Morgan fingerprint density at radius 1 is 1.03 bits per heavy atom. The second-order valence-electron chi connectivity index (χ2n) is 7.63. The van der Waals surface area contributed by atoms with Crippen molar-refractivity contribution in [2.24, 2.45) is 0 Å². The van der Waals surface area contributed by atoms with Gasteiger partial charge in [-0.25, -0.2) is 0 Å². The zero-order valence-electron chi connectivity index (χ0n) is 17.4. The molecule has 0 amide bonds. The molecule has 2 aromatic carbocycles. The van der Waals surface area contributed by atoms with Crippen molar-refractivity contribution < 1.29 is 9.15 Å². The highest BCUT2D eigenvalue weighted by Crippen LogP contribution is 2.28. The predicted molar refractivity (Wildman–Crippen MR) is 116 cm³/mol. The van der Waals surface area contributed by atoms with Gasteiger partial charge in [0.05, 0.1) is 19.3 Å². The fraction of sp³-hybridized carbons (Fsp3) is 0.333. The van der Waals surface area contributed by atoms with Crippen LogP contribution in [0.2, 0.25) is 0 Å². The van der Waals surface area contributed by atoms with Gasteiger partial charge in [0.25, 0.3) is 0 Å². The highest BCUT2D eigenvalue weighted by atomic mass is 16.5. The molecule has 1 N–H and O–H groups in total. The van der Waals surface area contributed by atoms with Crippen LogP contribution in [0, 0.1) is 25.2 Å². The molecule has 0 unspecified atom stereocenters. The summed E-state index contributed by atoms with van der Waals surface area (Å²) in [6.45, 7) is 7.93. The van der Waals surface area contributed by atoms with Crippen LogP contribution in [0.5, 0.6) is 0 Å². The monoisotopic (exact) mass is 402 g/mol. The van der Waals surface area contributed by atoms with E-state index < -0.39 is 0 Å². The van der Waals surface area contributed by atoms with E-state index >= 15 is 0 Å². The number of nitrogens with zero attached hydrogens (tertiary/aromatic N) is 3. The second kappa shape index (κ2) is 9.12. The van der Waals surface area contributed by atoms with E-state index in [0.29, 0.717) is 18.3 Å². The SMILES string of the molecule is Cc1ccc(-c2nc(C#N)c(NC[C@@H](c3ccc(C)cc3)N3CCOCC3)o2)cc1. The number of nitriles is 1. The van der Waals surface area contributed by atoms with E-state index in [9.17, 15) is 5.26 Å². The number of aryl methyl sites for hydroxylation is 2. The number of aromatic nitrogens is 1. The minimum Gasteiger partial charge on any atom is -0.419 e. The van der Waals surface area contributed by atoms with Gasteiger partial charge < -0.3 is 14.5 Å². The molecular formula is C24H26N4O2. The molecule has 1 atom stereocenters. The molecule has 1 saturated heterocycles. The number of ether oxygens (including phenoxy) is 1. The van der Waals surface area contributed by atoms with Crippen LogP contribution in [-0.2, 0) is 4.74 Å². The first-order valence-corrected chi connectivity index (χ1v) is 10.2. The molecule has 6 nitrogen and oxygen atoms in total. The summed E-state index contributed by atoms with van der Waals surface area (Å²) < 4.78 is 11.5. The minimum absolute atomic E-state index is 0.147. The third-order valence-corrected chi connectivity index (χ3v) is 5.44. The lowest BCUT2D eigenvalue weighted by atomic mass is 10.0. The summed E-state index contributed by atoms with van der Waals surface area (Å²) in [5, 5.41) is 12.9. The van der Waals surface area contributed by atoms with E-state index in [1.807, 2.05) is 31.2 Å². The van der Waals surface area contributed by atoms with Gasteiger partial charge in [-0.2, -0.15) is 10.2 Å². The number of anilines is 1. The summed E-state index contributed by atoms with van der Waals surface area (Å²) in [4.78, 5) is 6.79. The maximum atomic E-state index is 9.54. The lowest BCUT2D eigenvalue weighted by molar-refractivity contribution is 0.0186. The highest BCUT2D eigenvalue weighted by Gasteiger charge is 2.24. The molecule has 0 radical (unpaired) electrons. The molecule has 1 fully saturated rings. The van der Waals surface area contributed by atoms with Crippen molar-refractivity contribution in [1.29, 1.82) is 5.26 Å². The molecule has 0 spiro atoms. The van der Waals surface area contributed by atoms with E-state index in [0.717, 1.165) is 37.4 Å². The number of hydrogen-bond acceptors (Lipinski definition) is 6. The quantitative estimate of drug-likeness (QED) is 0.662. The number of oxazole rings is 1. The summed E-state index contributed by atoms with van der Waals surface area (Å²) in [5.74, 6) is 0.866. The Labute approximate surface area is 177 Å². The van der Waals surface area contributed by atoms with Gasteiger partial charge in [0.2, 0.25) is 17.5 Å². The average molecular weight is 402 g/mol. The molecule has 2 heterocycles. The van der Waals surface area contributed by atoms with E-state index in [1.165, 1.54) is 11.1 Å². The van der Waals surface area contributed by atoms with Crippen LogP contribution in [-0.4, -0.2) is 42.7 Å². The molecular weight excluding hydrogens is 376 g/mol. The second-order valence-corrected chi connectivity index (χ2v) is 7.63. The van der Waals surface area contributed by atoms with Crippen molar-refractivity contribution in [3.05, 3.63) is 70.9 Å². The Hall–Kier alpha value is -3.14. The lowest BCUT2D eigenvalue weighted by Crippen LogP contribution is -2.41. The van der Waals surface area contributed by atoms with Crippen molar-refractivity contribution in [3.8, 4) is 17.5 Å². The third-order valence-electron chi connectivity index (χ3n) is 5.44. The Kier molecular flexibility index (Phi) is 6.12. The Balaban J connectivity index is 1.56. The molecule has 4 rings (SSSR count). The maximum absolute atomic E-state index is 9.54. The molecule has 1 aromatic heterocycles. The molecule has 0 saturated carbocycles.